The van der Waals surface area contributed by atoms with E-state index in [9.17, 15) is 0 Å². The Morgan fingerprint density at radius 1 is 1.40 bits per heavy atom. The Labute approximate surface area is 119 Å². The van der Waals surface area contributed by atoms with Crippen LogP contribution in [0.25, 0.3) is 0 Å². The first-order chi connectivity index (χ1) is 9.79. The second-order valence-corrected chi connectivity index (χ2v) is 5.25. The molecule has 1 unspecified atom stereocenters. The van der Waals surface area contributed by atoms with Gasteiger partial charge < -0.3 is 14.6 Å². The molecule has 0 bridgehead atoms. The maximum Gasteiger partial charge on any atom is 0.105 e. The topological polar surface area (TPSA) is 39.1 Å². The standard InChI is InChI=1S/C16H21N3O/c1-12-18-10-14(9-17-2)19(12)11-16-15-6-4-3-5-13(15)7-8-20-16/h3-6,10,16-17H,7-9,11H2,1-2H3. The van der Waals surface area contributed by atoms with E-state index in [0.29, 0.717) is 0 Å². The third kappa shape index (κ3) is 2.49. The summed E-state index contributed by atoms with van der Waals surface area (Å²) >= 11 is 0. The molecule has 0 saturated carbocycles. The molecule has 0 spiro atoms. The summed E-state index contributed by atoms with van der Waals surface area (Å²) in [5.74, 6) is 1.04. The molecule has 1 N–H and O–H groups in total. The number of hydrogen-bond acceptors (Lipinski definition) is 3. The van der Waals surface area contributed by atoms with E-state index in [1.165, 1.54) is 16.8 Å². The predicted octanol–water partition coefficient (Wildman–Crippen LogP) is 2.22. The van der Waals surface area contributed by atoms with Gasteiger partial charge in [0, 0.05) is 12.7 Å². The number of fused-ring (bicyclic) bond motifs is 1. The van der Waals surface area contributed by atoms with Crippen molar-refractivity contribution in [3.63, 3.8) is 0 Å². The first-order valence-corrected chi connectivity index (χ1v) is 7.14. The van der Waals surface area contributed by atoms with Crippen LogP contribution in [0, 0.1) is 6.92 Å². The van der Waals surface area contributed by atoms with Gasteiger partial charge in [0.25, 0.3) is 0 Å². The number of benzene rings is 1. The van der Waals surface area contributed by atoms with Crippen molar-refractivity contribution in [1.82, 2.24) is 14.9 Å². The summed E-state index contributed by atoms with van der Waals surface area (Å²) in [6.45, 7) is 4.51. The van der Waals surface area contributed by atoms with Crippen LogP contribution in [0.2, 0.25) is 0 Å². The lowest BCUT2D eigenvalue weighted by Gasteiger charge is -2.27. The molecule has 0 aliphatic carbocycles. The molecule has 0 saturated heterocycles. The Bertz CT molecular complexity index is 591. The molecule has 2 heterocycles. The predicted molar refractivity (Wildman–Crippen MR) is 78.6 cm³/mol. The molecule has 4 heteroatoms. The van der Waals surface area contributed by atoms with E-state index in [-0.39, 0.29) is 6.10 Å². The van der Waals surface area contributed by atoms with Crippen LogP contribution < -0.4 is 5.32 Å². The van der Waals surface area contributed by atoms with E-state index in [0.717, 1.165) is 31.9 Å². The lowest BCUT2D eigenvalue weighted by atomic mass is 9.97. The third-order valence-electron chi connectivity index (χ3n) is 3.94. The Hall–Kier alpha value is -1.65. The minimum Gasteiger partial charge on any atom is -0.371 e. The van der Waals surface area contributed by atoms with Crippen molar-refractivity contribution in [2.75, 3.05) is 13.7 Å². The van der Waals surface area contributed by atoms with Crippen LogP contribution in [0.1, 0.15) is 28.7 Å². The Kier molecular flexibility index (Phi) is 3.85. The summed E-state index contributed by atoms with van der Waals surface area (Å²) in [4.78, 5) is 4.42. The lowest BCUT2D eigenvalue weighted by molar-refractivity contribution is 0.0297. The summed E-state index contributed by atoms with van der Waals surface area (Å²) in [6.07, 6.45) is 3.09. The summed E-state index contributed by atoms with van der Waals surface area (Å²) < 4.78 is 8.25. The molecule has 106 valence electrons. The normalized spacial score (nSPS) is 18.0. The van der Waals surface area contributed by atoms with Crippen LogP contribution in [-0.4, -0.2) is 23.2 Å². The molecule has 0 amide bonds. The monoisotopic (exact) mass is 271 g/mol. The van der Waals surface area contributed by atoms with Gasteiger partial charge in [-0.15, -0.1) is 0 Å². The molecule has 2 aromatic rings. The highest BCUT2D eigenvalue weighted by Gasteiger charge is 2.22. The van der Waals surface area contributed by atoms with Gasteiger partial charge in [-0.2, -0.15) is 0 Å². The van der Waals surface area contributed by atoms with Crippen molar-refractivity contribution in [3.05, 3.63) is 53.1 Å². The highest BCUT2D eigenvalue weighted by molar-refractivity contribution is 5.31. The van der Waals surface area contributed by atoms with Crippen molar-refractivity contribution in [2.24, 2.45) is 0 Å². The Morgan fingerprint density at radius 3 is 3.10 bits per heavy atom. The van der Waals surface area contributed by atoms with Gasteiger partial charge in [-0.05, 0) is 31.5 Å². The van der Waals surface area contributed by atoms with E-state index in [4.69, 9.17) is 4.74 Å². The van der Waals surface area contributed by atoms with E-state index in [1.807, 2.05) is 20.2 Å². The second kappa shape index (κ2) is 5.77. The van der Waals surface area contributed by atoms with Crippen LogP contribution in [0.4, 0.5) is 0 Å². The van der Waals surface area contributed by atoms with Gasteiger partial charge in [-0.1, -0.05) is 24.3 Å². The van der Waals surface area contributed by atoms with Crippen molar-refractivity contribution >= 4 is 0 Å². The van der Waals surface area contributed by atoms with Crippen LogP contribution in [0.3, 0.4) is 0 Å². The van der Waals surface area contributed by atoms with Crippen molar-refractivity contribution in [3.8, 4) is 0 Å². The molecule has 0 radical (unpaired) electrons. The maximum absolute atomic E-state index is 6.00. The zero-order valence-corrected chi connectivity index (χ0v) is 12.1. The first kappa shape index (κ1) is 13.3. The number of imidazole rings is 1. The SMILES string of the molecule is CNCc1cnc(C)n1CC1OCCc2ccccc21. The molecule has 20 heavy (non-hydrogen) atoms. The van der Waals surface area contributed by atoms with Crippen molar-refractivity contribution < 1.29 is 4.74 Å². The number of nitrogens with one attached hydrogen (secondary N) is 1. The quantitative estimate of drug-likeness (QED) is 0.927. The molecule has 4 nitrogen and oxygen atoms in total. The summed E-state index contributed by atoms with van der Waals surface area (Å²) in [5, 5.41) is 3.19. The minimum absolute atomic E-state index is 0.128. The van der Waals surface area contributed by atoms with Gasteiger partial charge in [0.2, 0.25) is 0 Å². The number of rotatable bonds is 4. The number of aromatic nitrogens is 2. The summed E-state index contributed by atoms with van der Waals surface area (Å²) in [5.41, 5.74) is 3.94. The average molecular weight is 271 g/mol. The minimum atomic E-state index is 0.128. The summed E-state index contributed by atoms with van der Waals surface area (Å²) in [6, 6.07) is 8.59. The van der Waals surface area contributed by atoms with E-state index in [2.05, 4.69) is 39.1 Å². The Balaban J connectivity index is 1.87. The fraction of sp³-hybridized carbons (Fsp3) is 0.438. The molecule has 1 aliphatic heterocycles. The van der Waals surface area contributed by atoms with Crippen molar-refractivity contribution in [1.29, 1.82) is 0 Å². The van der Waals surface area contributed by atoms with Gasteiger partial charge >= 0.3 is 0 Å². The molecule has 0 fully saturated rings. The molecule has 1 aromatic carbocycles. The molecule has 1 aromatic heterocycles. The smallest absolute Gasteiger partial charge is 0.105 e. The molecular weight excluding hydrogens is 250 g/mol. The lowest BCUT2D eigenvalue weighted by Crippen LogP contribution is -2.23. The summed E-state index contributed by atoms with van der Waals surface area (Å²) in [7, 11) is 1.96. The number of hydrogen-bond donors (Lipinski definition) is 1. The fourth-order valence-electron chi connectivity index (χ4n) is 2.88. The zero-order chi connectivity index (χ0) is 13.9. The zero-order valence-electron chi connectivity index (χ0n) is 12.1. The van der Waals surface area contributed by atoms with Gasteiger partial charge in [0.1, 0.15) is 11.9 Å². The average Bonchev–Trinajstić information content (AvgIpc) is 2.81. The highest BCUT2D eigenvalue weighted by atomic mass is 16.5. The highest BCUT2D eigenvalue weighted by Crippen LogP contribution is 2.29. The maximum atomic E-state index is 6.00. The van der Waals surface area contributed by atoms with Gasteiger partial charge in [0.05, 0.1) is 18.8 Å². The largest absolute Gasteiger partial charge is 0.371 e. The van der Waals surface area contributed by atoms with E-state index in [1.54, 1.807) is 0 Å². The first-order valence-electron chi connectivity index (χ1n) is 7.14. The fourth-order valence-corrected chi connectivity index (χ4v) is 2.88. The van der Waals surface area contributed by atoms with Crippen LogP contribution in [-0.2, 0) is 24.2 Å². The number of aryl methyl sites for hydroxylation is 1. The third-order valence-corrected chi connectivity index (χ3v) is 3.94. The van der Waals surface area contributed by atoms with E-state index < -0.39 is 0 Å². The van der Waals surface area contributed by atoms with Gasteiger partial charge in [0.15, 0.2) is 0 Å². The second-order valence-electron chi connectivity index (χ2n) is 5.25. The molecule has 3 rings (SSSR count). The van der Waals surface area contributed by atoms with E-state index >= 15 is 0 Å². The number of nitrogens with zero attached hydrogens (tertiary/aromatic N) is 2. The van der Waals surface area contributed by atoms with Crippen LogP contribution in [0.15, 0.2) is 30.5 Å². The van der Waals surface area contributed by atoms with Gasteiger partial charge in [-0.25, -0.2) is 4.98 Å². The molecule has 1 atom stereocenters. The Morgan fingerprint density at radius 2 is 2.25 bits per heavy atom. The van der Waals surface area contributed by atoms with Crippen LogP contribution >= 0.6 is 0 Å². The van der Waals surface area contributed by atoms with Crippen molar-refractivity contribution in [2.45, 2.75) is 32.5 Å². The molecule has 1 aliphatic rings. The molecular formula is C16H21N3O. The number of ether oxygens (including phenoxy) is 1. The van der Waals surface area contributed by atoms with Gasteiger partial charge in [-0.3, -0.25) is 0 Å². The van der Waals surface area contributed by atoms with Crippen LogP contribution in [0.5, 0.6) is 0 Å².